The Morgan fingerprint density at radius 1 is 1.06 bits per heavy atom. The lowest BCUT2D eigenvalue weighted by molar-refractivity contribution is 0.0952. The predicted octanol–water partition coefficient (Wildman–Crippen LogP) is 4.07. The van der Waals surface area contributed by atoms with Crippen LogP contribution in [-0.2, 0) is 23.6 Å². The average Bonchev–Trinajstić information content (AvgIpc) is 3.13. The first kappa shape index (κ1) is 22.5. The van der Waals surface area contributed by atoms with Gasteiger partial charge in [0.2, 0.25) is 10.0 Å². The number of halogens is 1. The van der Waals surface area contributed by atoms with Gasteiger partial charge >= 0.3 is 0 Å². The summed E-state index contributed by atoms with van der Waals surface area (Å²) in [6, 6.07) is 18.6. The molecule has 1 amide bonds. The molecule has 4 rings (SSSR count). The van der Waals surface area contributed by atoms with Crippen LogP contribution in [0.15, 0.2) is 66.7 Å². The number of benzene rings is 3. The number of amides is 1. The van der Waals surface area contributed by atoms with Crippen molar-refractivity contribution in [3.8, 4) is 11.4 Å². The van der Waals surface area contributed by atoms with Gasteiger partial charge in [-0.2, -0.15) is 0 Å². The lowest BCUT2D eigenvalue weighted by Crippen LogP contribution is -2.24. The van der Waals surface area contributed by atoms with Gasteiger partial charge in [0.25, 0.3) is 5.91 Å². The van der Waals surface area contributed by atoms with Crippen LogP contribution < -0.4 is 10.0 Å². The second kappa shape index (κ2) is 9.03. The fourth-order valence-electron chi connectivity index (χ4n) is 3.61. The summed E-state index contributed by atoms with van der Waals surface area (Å²) < 4.78 is 42.1. The number of carbonyl (C=O) groups excluding carboxylic acids is 1. The molecule has 0 saturated heterocycles. The molecule has 0 aliphatic rings. The maximum atomic E-state index is 13.5. The number of carbonyl (C=O) groups is 1. The summed E-state index contributed by atoms with van der Waals surface area (Å²) in [5.41, 5.74) is 3.01. The van der Waals surface area contributed by atoms with Crippen LogP contribution in [-0.4, -0.2) is 29.6 Å². The van der Waals surface area contributed by atoms with Gasteiger partial charge in [0.1, 0.15) is 11.6 Å². The second-order valence-electron chi connectivity index (χ2n) is 7.57. The summed E-state index contributed by atoms with van der Waals surface area (Å²) in [6.45, 7) is 1.65. The lowest BCUT2D eigenvalue weighted by atomic mass is 10.1. The molecule has 0 unspecified atom stereocenters. The first-order valence-corrected chi connectivity index (χ1v) is 12.0. The Kier molecular flexibility index (Phi) is 6.15. The molecule has 3 aromatic carbocycles. The van der Waals surface area contributed by atoms with Crippen molar-refractivity contribution in [2.24, 2.45) is 7.05 Å². The standard InChI is InChI=1S/C24H23FN4O3S/c1-3-33(31,32)28-19-13-20(24(30)26-15-16-8-7-11-18(25)12-16)22-21(14-19)27-23(29(22)2)17-9-5-4-6-10-17/h4-14,28H,3,15H2,1-2H3,(H,26,30). The minimum absolute atomic E-state index is 0.108. The van der Waals surface area contributed by atoms with Gasteiger partial charge in [0.15, 0.2) is 0 Å². The summed E-state index contributed by atoms with van der Waals surface area (Å²) in [5, 5.41) is 2.79. The molecular formula is C24H23FN4O3S. The average molecular weight is 467 g/mol. The molecular weight excluding hydrogens is 443 g/mol. The number of hydrogen-bond donors (Lipinski definition) is 2. The van der Waals surface area contributed by atoms with Crippen molar-refractivity contribution in [3.05, 3.63) is 83.7 Å². The van der Waals surface area contributed by atoms with E-state index in [1.54, 1.807) is 29.8 Å². The molecule has 2 N–H and O–H groups in total. The molecule has 1 heterocycles. The highest BCUT2D eigenvalue weighted by Gasteiger charge is 2.20. The van der Waals surface area contributed by atoms with E-state index < -0.39 is 15.9 Å². The van der Waals surface area contributed by atoms with Gasteiger partial charge in [-0.3, -0.25) is 9.52 Å². The van der Waals surface area contributed by atoms with E-state index >= 15 is 0 Å². The monoisotopic (exact) mass is 466 g/mol. The molecule has 4 aromatic rings. The van der Waals surface area contributed by atoms with Crippen LogP contribution in [0.25, 0.3) is 22.4 Å². The summed E-state index contributed by atoms with van der Waals surface area (Å²) in [7, 11) is -1.75. The quantitative estimate of drug-likeness (QED) is 0.429. The van der Waals surface area contributed by atoms with Crippen LogP contribution in [0.4, 0.5) is 10.1 Å². The molecule has 9 heteroatoms. The van der Waals surface area contributed by atoms with E-state index in [4.69, 9.17) is 0 Å². The smallest absolute Gasteiger partial charge is 0.253 e. The van der Waals surface area contributed by atoms with E-state index in [9.17, 15) is 17.6 Å². The number of sulfonamides is 1. The van der Waals surface area contributed by atoms with E-state index in [0.29, 0.717) is 22.4 Å². The van der Waals surface area contributed by atoms with Crippen LogP contribution in [0.1, 0.15) is 22.8 Å². The van der Waals surface area contributed by atoms with Crippen LogP contribution in [0.2, 0.25) is 0 Å². The molecule has 7 nitrogen and oxygen atoms in total. The van der Waals surface area contributed by atoms with Gasteiger partial charge in [-0.25, -0.2) is 17.8 Å². The van der Waals surface area contributed by atoms with Crippen molar-refractivity contribution in [2.75, 3.05) is 10.5 Å². The SMILES string of the molecule is CCS(=O)(=O)Nc1cc(C(=O)NCc2cccc(F)c2)c2c(c1)nc(-c1ccccc1)n2C. The van der Waals surface area contributed by atoms with Crippen LogP contribution in [0, 0.1) is 5.82 Å². The van der Waals surface area contributed by atoms with Gasteiger partial charge in [0, 0.05) is 19.2 Å². The van der Waals surface area contributed by atoms with Gasteiger partial charge < -0.3 is 9.88 Å². The fraction of sp³-hybridized carbons (Fsp3) is 0.167. The number of fused-ring (bicyclic) bond motifs is 1. The molecule has 0 bridgehead atoms. The number of aryl methyl sites for hydroxylation is 1. The molecule has 0 aliphatic heterocycles. The molecule has 0 atom stereocenters. The number of hydrogen-bond acceptors (Lipinski definition) is 4. The van der Waals surface area contributed by atoms with Crippen LogP contribution in [0.5, 0.6) is 0 Å². The van der Waals surface area contributed by atoms with Crippen LogP contribution in [0.3, 0.4) is 0 Å². The van der Waals surface area contributed by atoms with E-state index in [2.05, 4.69) is 15.0 Å². The third kappa shape index (κ3) is 4.88. The lowest BCUT2D eigenvalue weighted by Gasteiger charge is -2.12. The molecule has 0 fully saturated rings. The summed E-state index contributed by atoms with van der Waals surface area (Å²) in [4.78, 5) is 17.8. The highest BCUT2D eigenvalue weighted by Crippen LogP contribution is 2.29. The molecule has 33 heavy (non-hydrogen) atoms. The first-order valence-electron chi connectivity index (χ1n) is 10.4. The predicted molar refractivity (Wildman–Crippen MR) is 127 cm³/mol. The molecule has 0 spiro atoms. The van der Waals surface area contributed by atoms with E-state index in [1.807, 2.05) is 30.3 Å². The van der Waals surface area contributed by atoms with E-state index in [1.165, 1.54) is 25.1 Å². The summed E-state index contributed by atoms with van der Waals surface area (Å²) in [5.74, 6) is -0.284. The van der Waals surface area contributed by atoms with Crippen LogP contribution >= 0.6 is 0 Å². The first-order chi connectivity index (χ1) is 15.8. The summed E-state index contributed by atoms with van der Waals surface area (Å²) in [6.07, 6.45) is 0. The number of anilines is 1. The Hall–Kier alpha value is -3.72. The zero-order valence-corrected chi connectivity index (χ0v) is 19.0. The van der Waals surface area contributed by atoms with Gasteiger partial charge in [-0.1, -0.05) is 42.5 Å². The second-order valence-corrected chi connectivity index (χ2v) is 9.58. The Bertz CT molecular complexity index is 1430. The third-order valence-electron chi connectivity index (χ3n) is 5.24. The molecule has 170 valence electrons. The summed E-state index contributed by atoms with van der Waals surface area (Å²) >= 11 is 0. The molecule has 0 saturated carbocycles. The third-order valence-corrected chi connectivity index (χ3v) is 6.55. The Balaban J connectivity index is 1.79. The van der Waals surface area contributed by atoms with Crippen molar-refractivity contribution in [1.82, 2.24) is 14.9 Å². The normalized spacial score (nSPS) is 11.5. The zero-order chi connectivity index (χ0) is 23.6. The van der Waals surface area contributed by atoms with E-state index in [0.717, 1.165) is 5.56 Å². The minimum Gasteiger partial charge on any atom is -0.348 e. The Morgan fingerprint density at radius 2 is 1.82 bits per heavy atom. The molecule has 1 aromatic heterocycles. The number of rotatable bonds is 7. The van der Waals surface area contributed by atoms with Crippen molar-refractivity contribution in [1.29, 1.82) is 0 Å². The van der Waals surface area contributed by atoms with Crippen molar-refractivity contribution in [2.45, 2.75) is 13.5 Å². The van der Waals surface area contributed by atoms with Crippen molar-refractivity contribution < 1.29 is 17.6 Å². The number of nitrogens with one attached hydrogen (secondary N) is 2. The maximum Gasteiger partial charge on any atom is 0.253 e. The highest BCUT2D eigenvalue weighted by atomic mass is 32.2. The highest BCUT2D eigenvalue weighted by molar-refractivity contribution is 7.92. The van der Waals surface area contributed by atoms with Crippen molar-refractivity contribution >= 4 is 32.7 Å². The van der Waals surface area contributed by atoms with Gasteiger partial charge in [-0.05, 0) is 36.8 Å². The van der Waals surface area contributed by atoms with Gasteiger partial charge in [-0.15, -0.1) is 0 Å². The number of aromatic nitrogens is 2. The number of nitrogens with zero attached hydrogens (tertiary/aromatic N) is 2. The van der Waals surface area contributed by atoms with Crippen molar-refractivity contribution in [3.63, 3.8) is 0 Å². The number of imidazole rings is 1. The van der Waals surface area contributed by atoms with Gasteiger partial charge in [0.05, 0.1) is 28.0 Å². The zero-order valence-electron chi connectivity index (χ0n) is 18.2. The minimum atomic E-state index is -3.56. The maximum absolute atomic E-state index is 13.5. The fourth-order valence-corrected chi connectivity index (χ4v) is 4.23. The largest absolute Gasteiger partial charge is 0.348 e. The Labute approximate surface area is 191 Å². The van der Waals surface area contributed by atoms with E-state index in [-0.39, 0.29) is 29.4 Å². The molecule has 0 radical (unpaired) electrons. The Morgan fingerprint density at radius 3 is 2.52 bits per heavy atom. The topological polar surface area (TPSA) is 93.1 Å². The molecule has 0 aliphatic carbocycles.